The maximum Gasteiger partial charge on any atom is 0.336 e. The molecule has 2 N–H and O–H groups in total. The largest absolute Gasteiger partial charge is 0.478 e. The van der Waals surface area contributed by atoms with E-state index in [9.17, 15) is 14.7 Å². The number of hydrogen-bond donors (Lipinski definition) is 2. The topological polar surface area (TPSA) is 66.4 Å². The first-order chi connectivity index (χ1) is 13.0. The Balaban J connectivity index is 1.40. The highest BCUT2D eigenvalue weighted by atomic mass is 16.4. The second-order valence-electron chi connectivity index (χ2n) is 9.15. The number of carbonyl (C=O) groups is 2. The SMILES string of the molecule is O=C(O)c1cc2ccccc2cc1C(=O)NCC12CC3CC(CC(C3)C1)C2. The maximum absolute atomic E-state index is 12.9. The van der Waals surface area contributed by atoms with Gasteiger partial charge in [-0.25, -0.2) is 4.79 Å². The average Bonchev–Trinajstić information content (AvgIpc) is 2.64. The third-order valence-electron chi connectivity index (χ3n) is 7.15. The van der Waals surface area contributed by atoms with Crippen LogP contribution in [0.2, 0.25) is 0 Å². The smallest absolute Gasteiger partial charge is 0.336 e. The number of aromatic carboxylic acids is 1. The monoisotopic (exact) mass is 363 g/mol. The highest BCUT2D eigenvalue weighted by Gasteiger charge is 2.50. The summed E-state index contributed by atoms with van der Waals surface area (Å²) in [5.41, 5.74) is 0.590. The molecule has 4 bridgehead atoms. The van der Waals surface area contributed by atoms with Crippen LogP contribution in [0.4, 0.5) is 0 Å². The fourth-order valence-corrected chi connectivity index (χ4v) is 6.47. The van der Waals surface area contributed by atoms with Crippen molar-refractivity contribution in [3.05, 3.63) is 47.5 Å². The molecular formula is C23H25NO3. The molecule has 0 aromatic heterocycles. The van der Waals surface area contributed by atoms with E-state index in [1.54, 1.807) is 12.1 Å². The van der Waals surface area contributed by atoms with E-state index in [0.717, 1.165) is 28.5 Å². The molecule has 4 aliphatic carbocycles. The number of rotatable bonds is 4. The van der Waals surface area contributed by atoms with E-state index in [2.05, 4.69) is 5.32 Å². The van der Waals surface area contributed by atoms with Gasteiger partial charge in [0.15, 0.2) is 0 Å². The number of carbonyl (C=O) groups excluding carboxylic acids is 1. The maximum atomic E-state index is 12.9. The van der Waals surface area contributed by atoms with Crippen LogP contribution in [0.25, 0.3) is 10.8 Å². The summed E-state index contributed by atoms with van der Waals surface area (Å²) in [5.74, 6) is 1.20. The lowest BCUT2D eigenvalue weighted by atomic mass is 9.49. The van der Waals surface area contributed by atoms with Crippen LogP contribution in [0.15, 0.2) is 36.4 Å². The molecule has 0 aliphatic heterocycles. The minimum absolute atomic E-state index is 0.0803. The second-order valence-corrected chi connectivity index (χ2v) is 9.15. The second kappa shape index (κ2) is 6.08. The van der Waals surface area contributed by atoms with Crippen LogP contribution in [-0.4, -0.2) is 23.5 Å². The minimum atomic E-state index is -1.05. The number of benzene rings is 2. The lowest BCUT2D eigenvalue weighted by Gasteiger charge is -2.56. The standard InChI is InChI=1S/C23H25NO3/c25-21(19-8-17-3-1-2-4-18(17)9-20(19)22(26)27)24-13-23-10-14-5-15(11-23)7-16(6-14)12-23/h1-4,8-9,14-16H,5-7,10-13H2,(H,24,25)(H,26,27). The van der Waals surface area contributed by atoms with Crippen LogP contribution < -0.4 is 5.32 Å². The Kier molecular flexibility index (Phi) is 3.78. The summed E-state index contributed by atoms with van der Waals surface area (Å²) in [5, 5.41) is 14.4. The zero-order valence-corrected chi connectivity index (χ0v) is 15.4. The van der Waals surface area contributed by atoms with Gasteiger partial charge >= 0.3 is 5.97 Å². The van der Waals surface area contributed by atoms with Crippen LogP contribution >= 0.6 is 0 Å². The van der Waals surface area contributed by atoms with Gasteiger partial charge in [0.25, 0.3) is 5.91 Å². The summed E-state index contributed by atoms with van der Waals surface area (Å²) in [7, 11) is 0. The molecule has 0 saturated heterocycles. The average molecular weight is 363 g/mol. The molecule has 0 atom stereocenters. The van der Waals surface area contributed by atoms with Crippen molar-refractivity contribution in [2.24, 2.45) is 23.2 Å². The molecule has 4 heteroatoms. The first-order valence-corrected chi connectivity index (χ1v) is 10.1. The number of amides is 1. The molecule has 1 amide bonds. The Bertz CT molecular complexity index is 897. The van der Waals surface area contributed by atoms with Gasteiger partial charge in [-0.05, 0) is 84.6 Å². The number of nitrogens with one attached hydrogen (secondary N) is 1. The summed E-state index contributed by atoms with van der Waals surface area (Å²) in [6, 6.07) is 10.9. The number of carboxylic acids is 1. The van der Waals surface area contributed by atoms with Crippen molar-refractivity contribution in [2.75, 3.05) is 6.54 Å². The van der Waals surface area contributed by atoms with Crippen molar-refractivity contribution >= 4 is 22.6 Å². The summed E-state index contributed by atoms with van der Waals surface area (Å²) < 4.78 is 0. The van der Waals surface area contributed by atoms with Gasteiger partial charge in [-0.15, -0.1) is 0 Å². The fraction of sp³-hybridized carbons (Fsp3) is 0.478. The van der Waals surface area contributed by atoms with E-state index < -0.39 is 5.97 Å². The van der Waals surface area contributed by atoms with E-state index in [1.165, 1.54) is 38.5 Å². The van der Waals surface area contributed by atoms with Gasteiger partial charge in [-0.3, -0.25) is 4.79 Å². The summed E-state index contributed by atoms with van der Waals surface area (Å²) >= 11 is 0. The molecule has 0 unspecified atom stereocenters. The molecule has 2 aromatic carbocycles. The normalized spacial score (nSPS) is 31.2. The highest BCUT2D eigenvalue weighted by molar-refractivity contribution is 6.08. The van der Waals surface area contributed by atoms with E-state index >= 15 is 0 Å². The number of fused-ring (bicyclic) bond motifs is 1. The van der Waals surface area contributed by atoms with Gasteiger partial charge in [0, 0.05) is 6.54 Å². The molecule has 140 valence electrons. The molecule has 4 saturated carbocycles. The molecule has 27 heavy (non-hydrogen) atoms. The Morgan fingerprint density at radius 3 is 1.96 bits per heavy atom. The van der Waals surface area contributed by atoms with Gasteiger partial charge in [-0.1, -0.05) is 24.3 Å². The lowest BCUT2D eigenvalue weighted by Crippen LogP contribution is -2.51. The van der Waals surface area contributed by atoms with E-state index in [-0.39, 0.29) is 22.4 Å². The quantitative estimate of drug-likeness (QED) is 0.841. The van der Waals surface area contributed by atoms with E-state index in [0.29, 0.717) is 6.54 Å². The van der Waals surface area contributed by atoms with Gasteiger partial charge in [0.2, 0.25) is 0 Å². The van der Waals surface area contributed by atoms with Crippen LogP contribution in [0.5, 0.6) is 0 Å². The van der Waals surface area contributed by atoms with Gasteiger partial charge in [0.1, 0.15) is 0 Å². The predicted molar refractivity (Wildman–Crippen MR) is 104 cm³/mol. The third kappa shape index (κ3) is 2.91. The molecule has 0 spiro atoms. The molecule has 4 fully saturated rings. The Morgan fingerprint density at radius 2 is 1.44 bits per heavy atom. The van der Waals surface area contributed by atoms with Crippen molar-refractivity contribution in [2.45, 2.75) is 38.5 Å². The van der Waals surface area contributed by atoms with E-state index in [1.807, 2.05) is 24.3 Å². The number of carboxylic acid groups (broad SMARTS) is 1. The summed E-state index contributed by atoms with van der Waals surface area (Å²) in [6.07, 6.45) is 7.80. The van der Waals surface area contributed by atoms with E-state index in [4.69, 9.17) is 0 Å². The highest BCUT2D eigenvalue weighted by Crippen LogP contribution is 2.59. The Morgan fingerprint density at radius 1 is 0.926 bits per heavy atom. The predicted octanol–water partition coefficient (Wildman–Crippen LogP) is 4.48. The van der Waals surface area contributed by atoms with Crippen molar-refractivity contribution < 1.29 is 14.7 Å². The molecule has 0 heterocycles. The molecule has 4 nitrogen and oxygen atoms in total. The Labute approximate surface area is 159 Å². The van der Waals surface area contributed by atoms with Crippen molar-refractivity contribution in [1.82, 2.24) is 5.32 Å². The number of hydrogen-bond acceptors (Lipinski definition) is 2. The Hall–Kier alpha value is -2.36. The summed E-state index contributed by atoms with van der Waals surface area (Å²) in [6.45, 7) is 0.682. The molecule has 4 aliphatic rings. The van der Waals surface area contributed by atoms with Gasteiger partial charge in [0.05, 0.1) is 11.1 Å². The third-order valence-corrected chi connectivity index (χ3v) is 7.15. The molecule has 0 radical (unpaired) electrons. The molecule has 6 rings (SSSR count). The van der Waals surface area contributed by atoms with Crippen LogP contribution in [-0.2, 0) is 0 Å². The van der Waals surface area contributed by atoms with Crippen LogP contribution in [0.1, 0.15) is 59.2 Å². The van der Waals surface area contributed by atoms with Crippen molar-refractivity contribution in [1.29, 1.82) is 0 Å². The van der Waals surface area contributed by atoms with Crippen molar-refractivity contribution in [3.8, 4) is 0 Å². The van der Waals surface area contributed by atoms with Crippen LogP contribution in [0, 0.1) is 23.2 Å². The van der Waals surface area contributed by atoms with Crippen LogP contribution in [0.3, 0.4) is 0 Å². The first kappa shape index (κ1) is 16.8. The molecular weight excluding hydrogens is 338 g/mol. The first-order valence-electron chi connectivity index (χ1n) is 10.1. The van der Waals surface area contributed by atoms with Gasteiger partial charge in [-0.2, -0.15) is 0 Å². The lowest BCUT2D eigenvalue weighted by molar-refractivity contribution is -0.0503. The zero-order chi connectivity index (χ0) is 18.6. The van der Waals surface area contributed by atoms with Crippen molar-refractivity contribution in [3.63, 3.8) is 0 Å². The molecule has 2 aromatic rings. The van der Waals surface area contributed by atoms with Gasteiger partial charge < -0.3 is 10.4 Å². The fourth-order valence-electron chi connectivity index (χ4n) is 6.47. The zero-order valence-electron chi connectivity index (χ0n) is 15.4. The summed E-state index contributed by atoms with van der Waals surface area (Å²) in [4.78, 5) is 24.6. The minimum Gasteiger partial charge on any atom is -0.478 e.